The lowest BCUT2D eigenvalue weighted by molar-refractivity contribution is -0.314. The highest BCUT2D eigenvalue weighted by atomic mass is 16.7. The van der Waals surface area contributed by atoms with Gasteiger partial charge in [-0.3, -0.25) is 9.59 Å². The van der Waals surface area contributed by atoms with E-state index in [4.69, 9.17) is 42.6 Å². The summed E-state index contributed by atoms with van der Waals surface area (Å²) in [5.41, 5.74) is -9.47. The average molecular weight is 721 g/mol. The van der Waals surface area contributed by atoms with Crippen LogP contribution in [-0.2, 0) is 61.8 Å². The maximum Gasteiger partial charge on any atom is 0.366 e. The fourth-order valence-electron chi connectivity index (χ4n) is 12.2. The molecule has 0 radical (unpaired) electrons. The van der Waals surface area contributed by atoms with E-state index in [1.807, 2.05) is 0 Å². The smallest absolute Gasteiger partial charge is 0.366 e. The normalized spacial score (nSPS) is 53.9. The molecule has 280 valence electrons. The molecule has 3 aliphatic carbocycles. The van der Waals surface area contributed by atoms with E-state index in [0.29, 0.717) is 0 Å². The first-order chi connectivity index (χ1) is 23.9. The molecule has 0 aromatic heterocycles. The van der Waals surface area contributed by atoms with Gasteiger partial charge in [0.05, 0.1) is 52.0 Å². The van der Waals surface area contributed by atoms with Crippen LogP contribution in [0.1, 0.15) is 47.5 Å². The van der Waals surface area contributed by atoms with Gasteiger partial charge in [-0.25, -0.2) is 9.59 Å². The van der Waals surface area contributed by atoms with Gasteiger partial charge in [-0.1, -0.05) is 13.0 Å². The maximum absolute atomic E-state index is 14.2. The molecule has 0 amide bonds. The highest BCUT2D eigenvalue weighted by Gasteiger charge is 2.97. The van der Waals surface area contributed by atoms with Crippen LogP contribution in [-0.4, -0.2) is 126 Å². The quantitative estimate of drug-likeness (QED) is 0.140. The molecule has 2 bridgehead atoms. The zero-order valence-electron chi connectivity index (χ0n) is 29.4. The largest absolute Gasteiger partial charge is 0.469 e. The van der Waals surface area contributed by atoms with Crippen molar-refractivity contribution in [2.24, 2.45) is 34.0 Å². The molecule has 5 heterocycles. The van der Waals surface area contributed by atoms with E-state index in [0.717, 1.165) is 14.2 Å². The predicted octanol–water partition coefficient (Wildman–Crippen LogP) is -0.203. The molecule has 5 aliphatic heterocycles. The molecule has 0 aromatic carbocycles. The number of allylic oxidation sites excluding steroid dienone is 1. The third-order valence-corrected chi connectivity index (χ3v) is 14.1. The minimum absolute atomic E-state index is 0.235. The molecule has 0 aromatic rings. The Morgan fingerprint density at radius 3 is 2.31 bits per heavy atom. The second kappa shape index (κ2) is 10.5. The highest BCUT2D eigenvalue weighted by molar-refractivity contribution is 5.88. The van der Waals surface area contributed by atoms with Gasteiger partial charge >= 0.3 is 23.9 Å². The zero-order chi connectivity index (χ0) is 36.9. The van der Waals surface area contributed by atoms with E-state index in [9.17, 15) is 34.5 Å². The van der Waals surface area contributed by atoms with Crippen LogP contribution in [0.3, 0.4) is 0 Å². The van der Waals surface area contributed by atoms with Crippen molar-refractivity contribution >= 4 is 23.9 Å². The lowest BCUT2D eigenvalue weighted by Crippen LogP contribution is -2.79. The number of aliphatic hydroxyl groups excluding tert-OH is 1. The van der Waals surface area contributed by atoms with Crippen LogP contribution in [0.5, 0.6) is 0 Å². The van der Waals surface area contributed by atoms with Crippen molar-refractivity contribution in [1.82, 2.24) is 0 Å². The number of epoxide rings is 1. The van der Waals surface area contributed by atoms with Crippen LogP contribution in [0.15, 0.2) is 24.0 Å². The molecule has 8 rings (SSSR count). The van der Waals surface area contributed by atoms with Gasteiger partial charge in [-0.05, 0) is 33.3 Å². The molecule has 3 N–H and O–H groups in total. The maximum atomic E-state index is 14.2. The van der Waals surface area contributed by atoms with E-state index >= 15 is 0 Å². The number of fused-ring (bicyclic) bond motifs is 7. The van der Waals surface area contributed by atoms with Crippen LogP contribution in [0, 0.1) is 34.0 Å². The van der Waals surface area contributed by atoms with Crippen LogP contribution < -0.4 is 0 Å². The summed E-state index contributed by atoms with van der Waals surface area (Å²) < 4.78 is 54.0. The van der Waals surface area contributed by atoms with Crippen molar-refractivity contribution in [3.8, 4) is 0 Å². The van der Waals surface area contributed by atoms with E-state index < -0.39 is 130 Å². The first kappa shape index (κ1) is 34.9. The Morgan fingerprint density at radius 2 is 1.67 bits per heavy atom. The monoisotopic (exact) mass is 720 g/mol. The second-order valence-corrected chi connectivity index (χ2v) is 15.8. The number of methoxy groups -OCH3 is 2. The minimum Gasteiger partial charge on any atom is -0.469 e. The number of ether oxygens (including phenoxy) is 9. The van der Waals surface area contributed by atoms with Gasteiger partial charge in [0.25, 0.3) is 5.79 Å². The summed E-state index contributed by atoms with van der Waals surface area (Å²) in [4.78, 5) is 54.4. The van der Waals surface area contributed by atoms with Gasteiger partial charge in [0, 0.05) is 47.5 Å². The van der Waals surface area contributed by atoms with Gasteiger partial charge in [-0.2, -0.15) is 0 Å². The van der Waals surface area contributed by atoms with Gasteiger partial charge in [0.1, 0.15) is 28.8 Å². The number of hydrogen-bond acceptors (Lipinski definition) is 16. The Balaban J connectivity index is 1.40. The summed E-state index contributed by atoms with van der Waals surface area (Å²) in [5, 5.41) is 37.4. The first-order valence-corrected chi connectivity index (χ1v) is 17.2. The SMILES string of the molecule is CC=C(C)C(=O)O[C@H]1C[C@@H](OC(C)=O)[C@@]2(C(=O)OC)COC3C2[C@]12CO[C@](O)(C(=O)OC)[C@H]2[C@](C)(C12O[C@@]1(C)[C@H]1CC2OC2OC=C[C@@]21O)[C@@H]3O. The number of esters is 4. The summed E-state index contributed by atoms with van der Waals surface area (Å²) in [6.07, 6.45) is -3.11. The molecule has 16 heteroatoms. The molecular formula is C35H44O16. The Morgan fingerprint density at radius 1 is 0.961 bits per heavy atom. The Bertz CT molecular complexity index is 1660. The predicted molar refractivity (Wildman–Crippen MR) is 164 cm³/mol. The molecule has 7 fully saturated rings. The number of carbonyl (C=O) groups is 4. The summed E-state index contributed by atoms with van der Waals surface area (Å²) in [6.45, 7) is 6.88. The fourth-order valence-corrected chi connectivity index (χ4v) is 12.2. The topological polar surface area (TPSA) is 215 Å². The third kappa shape index (κ3) is 3.65. The molecule has 3 saturated carbocycles. The molecule has 4 saturated heterocycles. The van der Waals surface area contributed by atoms with E-state index in [1.165, 1.54) is 19.3 Å². The first-order valence-electron chi connectivity index (χ1n) is 17.2. The van der Waals surface area contributed by atoms with Gasteiger partial charge in [0.15, 0.2) is 5.60 Å². The summed E-state index contributed by atoms with van der Waals surface area (Å²) in [5.74, 6) is -9.76. The second-order valence-electron chi connectivity index (χ2n) is 15.8. The standard InChI is InChI=1S/C35H44O16/c1-8-15(2)24(38)49-18-12-19(48-16(3)36)32(26(39)43-6)13-46-21-22(32)31(18)14-47-34(42,27(40)44-7)25(31)29(4,23(21)37)35-20-11-17(30(35,5)51-35)33(41)9-10-45-28(33)50-20/h8-10,17-23,25,28,37,41-42H,11-14H2,1-7H3/t17-,18+,19-,20?,21?,22?,23-,25+,28?,29-,30+,31+,32+,33+,34+,35?/m1/s1. The van der Waals surface area contributed by atoms with E-state index in [-0.39, 0.29) is 18.4 Å². The molecule has 5 unspecified atom stereocenters. The van der Waals surface area contributed by atoms with Crippen molar-refractivity contribution in [3.63, 3.8) is 0 Å². The number of carbonyl (C=O) groups excluding carboxylic acids is 4. The van der Waals surface area contributed by atoms with Crippen molar-refractivity contribution in [3.05, 3.63) is 24.0 Å². The van der Waals surface area contributed by atoms with Gasteiger partial charge in [0.2, 0.25) is 6.29 Å². The van der Waals surface area contributed by atoms with Crippen LogP contribution >= 0.6 is 0 Å². The summed E-state index contributed by atoms with van der Waals surface area (Å²) >= 11 is 0. The van der Waals surface area contributed by atoms with Crippen molar-refractivity contribution in [2.45, 2.75) is 107 Å². The Kier molecular flexibility index (Phi) is 7.20. The summed E-state index contributed by atoms with van der Waals surface area (Å²) in [6, 6.07) is 0. The van der Waals surface area contributed by atoms with Gasteiger partial charge < -0.3 is 58.0 Å². The molecule has 8 aliphatic rings. The van der Waals surface area contributed by atoms with Crippen LogP contribution in [0.4, 0.5) is 0 Å². The Hall–Kier alpha value is -3.12. The number of rotatable bonds is 6. The van der Waals surface area contributed by atoms with Crippen molar-refractivity contribution in [1.29, 1.82) is 0 Å². The van der Waals surface area contributed by atoms with Crippen molar-refractivity contribution in [2.75, 3.05) is 27.4 Å². The highest BCUT2D eigenvalue weighted by Crippen LogP contribution is 2.83. The van der Waals surface area contributed by atoms with Crippen LogP contribution in [0.25, 0.3) is 0 Å². The van der Waals surface area contributed by atoms with E-state index in [1.54, 1.807) is 33.8 Å². The fraction of sp³-hybridized carbons (Fsp3) is 0.771. The third-order valence-electron chi connectivity index (χ3n) is 14.1. The van der Waals surface area contributed by atoms with Crippen molar-refractivity contribution < 1.29 is 77.1 Å². The number of aliphatic hydroxyl groups is 3. The lowest BCUT2D eigenvalue weighted by Gasteiger charge is -2.65. The summed E-state index contributed by atoms with van der Waals surface area (Å²) in [7, 11) is 2.23. The lowest BCUT2D eigenvalue weighted by atomic mass is 9.37. The molecule has 1 spiro atoms. The van der Waals surface area contributed by atoms with E-state index in [2.05, 4.69) is 0 Å². The molecule has 16 nitrogen and oxygen atoms in total. The van der Waals surface area contributed by atoms with Gasteiger partial charge in [-0.15, -0.1) is 0 Å². The van der Waals surface area contributed by atoms with Crippen LogP contribution in [0.2, 0.25) is 0 Å². The minimum atomic E-state index is -2.82. The Labute approximate surface area is 293 Å². The zero-order valence-corrected chi connectivity index (χ0v) is 29.4. The molecule has 16 atom stereocenters. The molecular weight excluding hydrogens is 676 g/mol. The number of hydrogen-bond donors (Lipinski definition) is 3. The average Bonchev–Trinajstić information content (AvgIpc) is 3.47. The molecule has 51 heavy (non-hydrogen) atoms.